The van der Waals surface area contributed by atoms with Crippen molar-refractivity contribution >= 4 is 5.91 Å². The highest BCUT2D eigenvalue weighted by molar-refractivity contribution is 5.93. The number of rotatable bonds is 3. The maximum atomic E-state index is 14.3. The maximum absolute atomic E-state index is 14.3. The van der Waals surface area contributed by atoms with Gasteiger partial charge in [0.25, 0.3) is 5.91 Å². The Hall–Kier alpha value is -2.24. The van der Waals surface area contributed by atoms with Gasteiger partial charge < -0.3 is 0 Å². The van der Waals surface area contributed by atoms with Crippen LogP contribution in [0.5, 0.6) is 0 Å². The van der Waals surface area contributed by atoms with Crippen LogP contribution in [0, 0.1) is 5.82 Å². The summed E-state index contributed by atoms with van der Waals surface area (Å²) < 4.78 is 14.3. The molecule has 24 heavy (non-hydrogen) atoms. The first-order valence-electron chi connectivity index (χ1n) is 8.19. The Morgan fingerprint density at radius 3 is 2.62 bits per heavy atom. The topological polar surface area (TPSA) is 52.6 Å². The van der Waals surface area contributed by atoms with E-state index in [2.05, 4.69) is 17.0 Å². The van der Waals surface area contributed by atoms with Gasteiger partial charge in [-0.3, -0.25) is 14.9 Å². The van der Waals surface area contributed by atoms with Gasteiger partial charge in [-0.1, -0.05) is 44.2 Å². The highest BCUT2D eigenvalue weighted by Gasteiger charge is 2.21. The fraction of sp³-hybridized carbons (Fsp3) is 0.316. The van der Waals surface area contributed by atoms with Crippen LogP contribution in [0.15, 0.2) is 42.5 Å². The Balaban J connectivity index is 0.00000100. The second-order valence-electron chi connectivity index (χ2n) is 5.48. The Morgan fingerprint density at radius 2 is 1.96 bits per heavy atom. The van der Waals surface area contributed by atoms with Crippen molar-refractivity contribution in [1.82, 2.24) is 10.4 Å². The van der Waals surface area contributed by atoms with Gasteiger partial charge in [0.05, 0.1) is 0 Å². The Labute approximate surface area is 141 Å². The molecule has 1 amide bonds. The van der Waals surface area contributed by atoms with Gasteiger partial charge in [-0.25, -0.2) is 9.87 Å². The highest BCUT2D eigenvalue weighted by atomic mass is 19.1. The van der Waals surface area contributed by atoms with Crippen molar-refractivity contribution < 1.29 is 14.4 Å². The van der Waals surface area contributed by atoms with E-state index in [0.717, 1.165) is 18.7 Å². The zero-order valence-corrected chi connectivity index (χ0v) is 14.1. The molecular weight excluding hydrogens is 307 g/mol. The van der Waals surface area contributed by atoms with E-state index in [4.69, 9.17) is 5.21 Å². The van der Waals surface area contributed by atoms with E-state index in [9.17, 15) is 9.18 Å². The van der Waals surface area contributed by atoms with Crippen LogP contribution in [0.3, 0.4) is 0 Å². The monoisotopic (exact) mass is 330 g/mol. The summed E-state index contributed by atoms with van der Waals surface area (Å²) in [6.07, 6.45) is 0.686. The van der Waals surface area contributed by atoms with Crippen LogP contribution in [0.4, 0.5) is 4.39 Å². The minimum Gasteiger partial charge on any atom is -0.294 e. The van der Waals surface area contributed by atoms with E-state index in [0.29, 0.717) is 18.5 Å². The molecule has 0 aliphatic carbocycles. The molecule has 2 N–H and O–H groups in total. The minimum absolute atomic E-state index is 0.148. The zero-order valence-electron chi connectivity index (χ0n) is 14.1. The number of halogens is 1. The predicted molar refractivity (Wildman–Crippen MR) is 91.3 cm³/mol. The number of hydroxylamine groups is 1. The minimum atomic E-state index is -0.687. The molecule has 2 aromatic rings. The van der Waals surface area contributed by atoms with E-state index in [1.165, 1.54) is 11.6 Å². The summed E-state index contributed by atoms with van der Waals surface area (Å²) in [5, 5.41) is 8.66. The second-order valence-corrected chi connectivity index (χ2v) is 5.48. The maximum Gasteiger partial charge on any atom is 0.274 e. The van der Waals surface area contributed by atoms with Crippen LogP contribution < -0.4 is 5.48 Å². The molecule has 0 spiro atoms. The SMILES string of the molecule is CC.O=C(NO)c1cc(F)c2c(c1)CCN(Cc1ccccc1)C2. The fourth-order valence-electron chi connectivity index (χ4n) is 2.85. The van der Waals surface area contributed by atoms with Gasteiger partial charge in [-0.15, -0.1) is 0 Å². The van der Waals surface area contributed by atoms with Crippen molar-refractivity contribution in [3.05, 3.63) is 70.5 Å². The van der Waals surface area contributed by atoms with Gasteiger partial charge in [0.1, 0.15) is 5.82 Å². The molecule has 0 saturated heterocycles. The number of hydrogen-bond donors (Lipinski definition) is 2. The average molecular weight is 330 g/mol. The quantitative estimate of drug-likeness (QED) is 0.669. The first-order chi connectivity index (χ1) is 11.7. The lowest BCUT2D eigenvalue weighted by Gasteiger charge is -2.29. The number of carbonyl (C=O) groups excluding carboxylic acids is 1. The van der Waals surface area contributed by atoms with Crippen molar-refractivity contribution in [1.29, 1.82) is 0 Å². The van der Waals surface area contributed by atoms with Crippen LogP contribution in [0.25, 0.3) is 0 Å². The summed E-state index contributed by atoms with van der Waals surface area (Å²) in [5.74, 6) is -1.08. The van der Waals surface area contributed by atoms with Crippen LogP contribution in [0.1, 0.15) is 40.9 Å². The molecule has 128 valence electrons. The van der Waals surface area contributed by atoms with Crippen LogP contribution in [-0.2, 0) is 19.5 Å². The molecule has 0 atom stereocenters. The third kappa shape index (κ3) is 4.19. The van der Waals surface area contributed by atoms with E-state index < -0.39 is 11.7 Å². The summed E-state index contributed by atoms with van der Waals surface area (Å²) in [6.45, 7) is 6.11. The lowest BCUT2D eigenvalue weighted by atomic mass is 9.96. The number of fused-ring (bicyclic) bond motifs is 1. The fourth-order valence-corrected chi connectivity index (χ4v) is 2.85. The van der Waals surface area contributed by atoms with Crippen molar-refractivity contribution in [3.63, 3.8) is 0 Å². The van der Waals surface area contributed by atoms with Crippen LogP contribution in [-0.4, -0.2) is 22.6 Å². The molecule has 2 aromatic carbocycles. The van der Waals surface area contributed by atoms with E-state index in [-0.39, 0.29) is 5.56 Å². The van der Waals surface area contributed by atoms with Gasteiger partial charge in [0, 0.05) is 30.8 Å². The van der Waals surface area contributed by atoms with Crippen LogP contribution >= 0.6 is 0 Å². The Bertz CT molecular complexity index is 689. The number of nitrogens with one attached hydrogen (secondary N) is 1. The molecular formula is C19H23FN2O2. The molecule has 0 unspecified atom stereocenters. The molecule has 0 aromatic heterocycles. The summed E-state index contributed by atoms with van der Waals surface area (Å²) in [5.41, 5.74) is 4.36. The highest BCUT2D eigenvalue weighted by Crippen LogP contribution is 2.24. The summed E-state index contributed by atoms with van der Waals surface area (Å²) in [4.78, 5) is 13.6. The third-order valence-electron chi connectivity index (χ3n) is 3.98. The third-order valence-corrected chi connectivity index (χ3v) is 3.98. The van der Waals surface area contributed by atoms with Crippen LogP contribution in [0.2, 0.25) is 0 Å². The number of hydrogen-bond acceptors (Lipinski definition) is 3. The largest absolute Gasteiger partial charge is 0.294 e. The molecule has 1 aliphatic rings. The van der Waals surface area contributed by atoms with E-state index in [1.807, 2.05) is 32.0 Å². The number of carbonyl (C=O) groups is 1. The molecule has 0 saturated carbocycles. The smallest absolute Gasteiger partial charge is 0.274 e. The molecule has 1 heterocycles. The van der Waals surface area contributed by atoms with Crippen molar-refractivity contribution in [2.75, 3.05) is 6.54 Å². The molecule has 0 radical (unpaired) electrons. The van der Waals surface area contributed by atoms with E-state index in [1.54, 1.807) is 11.5 Å². The average Bonchev–Trinajstić information content (AvgIpc) is 2.64. The number of nitrogens with zero attached hydrogens (tertiary/aromatic N) is 1. The lowest BCUT2D eigenvalue weighted by molar-refractivity contribution is 0.0705. The van der Waals surface area contributed by atoms with Crippen molar-refractivity contribution in [2.24, 2.45) is 0 Å². The second kappa shape index (κ2) is 8.57. The lowest BCUT2D eigenvalue weighted by Crippen LogP contribution is -2.31. The Morgan fingerprint density at radius 1 is 1.25 bits per heavy atom. The van der Waals surface area contributed by atoms with Gasteiger partial charge in [-0.2, -0.15) is 0 Å². The normalized spacial score (nSPS) is 13.5. The molecule has 1 aliphatic heterocycles. The summed E-state index contributed by atoms with van der Waals surface area (Å²) >= 11 is 0. The van der Waals surface area contributed by atoms with Crippen molar-refractivity contribution in [2.45, 2.75) is 33.4 Å². The first-order valence-corrected chi connectivity index (χ1v) is 8.19. The Kier molecular flexibility index (Phi) is 6.46. The van der Waals surface area contributed by atoms with Gasteiger partial charge in [-0.05, 0) is 29.7 Å². The molecule has 0 bridgehead atoms. The van der Waals surface area contributed by atoms with Gasteiger partial charge in [0.15, 0.2) is 0 Å². The van der Waals surface area contributed by atoms with Gasteiger partial charge >= 0.3 is 0 Å². The standard InChI is InChI=1S/C17H17FN2O2.C2H6/c18-16-9-14(17(21)19-22)8-13-6-7-20(11-15(13)16)10-12-4-2-1-3-5-12;1-2/h1-5,8-9,22H,6-7,10-11H2,(H,19,21);1-2H3. The summed E-state index contributed by atoms with van der Waals surface area (Å²) in [6, 6.07) is 12.9. The van der Waals surface area contributed by atoms with E-state index >= 15 is 0 Å². The molecule has 0 fully saturated rings. The summed E-state index contributed by atoms with van der Waals surface area (Å²) in [7, 11) is 0. The molecule has 5 heteroatoms. The van der Waals surface area contributed by atoms with Crippen molar-refractivity contribution in [3.8, 4) is 0 Å². The zero-order chi connectivity index (χ0) is 17.5. The number of benzene rings is 2. The van der Waals surface area contributed by atoms with Gasteiger partial charge in [0.2, 0.25) is 0 Å². The first kappa shape index (κ1) is 18.1. The number of amides is 1. The molecule has 4 nitrogen and oxygen atoms in total. The predicted octanol–water partition coefficient (Wildman–Crippen LogP) is 3.53. The molecule has 3 rings (SSSR count).